The zero-order valence-electron chi connectivity index (χ0n) is 12.1. The van der Waals surface area contributed by atoms with Gasteiger partial charge >= 0.3 is 0 Å². The van der Waals surface area contributed by atoms with Gasteiger partial charge in [0.05, 0.1) is 4.90 Å². The van der Waals surface area contributed by atoms with E-state index in [1.807, 2.05) is 19.2 Å². The van der Waals surface area contributed by atoms with Crippen LogP contribution in [0.4, 0.5) is 0 Å². The van der Waals surface area contributed by atoms with Crippen molar-refractivity contribution in [3.8, 4) is 0 Å². The van der Waals surface area contributed by atoms with E-state index < -0.39 is 10.0 Å². The number of hydrogen-bond acceptors (Lipinski definition) is 3. The van der Waals surface area contributed by atoms with Gasteiger partial charge in [-0.25, -0.2) is 13.1 Å². The lowest BCUT2D eigenvalue weighted by Crippen LogP contribution is -2.28. The molecule has 1 fully saturated rings. The van der Waals surface area contributed by atoms with Gasteiger partial charge in [-0.05, 0) is 56.5 Å². The molecule has 0 aliphatic heterocycles. The highest BCUT2D eigenvalue weighted by molar-refractivity contribution is 7.89. The van der Waals surface area contributed by atoms with Gasteiger partial charge < -0.3 is 5.32 Å². The van der Waals surface area contributed by atoms with Gasteiger partial charge in [0.25, 0.3) is 0 Å². The van der Waals surface area contributed by atoms with E-state index in [0.29, 0.717) is 17.4 Å². The fourth-order valence-corrected chi connectivity index (χ4v) is 3.75. The van der Waals surface area contributed by atoms with E-state index in [4.69, 9.17) is 0 Å². The normalized spacial score (nSPS) is 16.6. The molecule has 2 rings (SSSR count). The summed E-state index contributed by atoms with van der Waals surface area (Å²) in [6.07, 6.45) is 5.66. The summed E-state index contributed by atoms with van der Waals surface area (Å²) in [4.78, 5) is 0.365. The molecule has 0 bridgehead atoms. The summed E-state index contributed by atoms with van der Waals surface area (Å²) in [5, 5.41) is 3.08. The van der Waals surface area contributed by atoms with Crippen molar-refractivity contribution in [2.75, 3.05) is 20.1 Å². The average Bonchev–Trinajstić information content (AvgIpc) is 2.97. The van der Waals surface area contributed by atoms with E-state index >= 15 is 0 Å². The molecular weight excluding hydrogens is 272 g/mol. The highest BCUT2D eigenvalue weighted by Crippen LogP contribution is 2.24. The molecule has 0 atom stereocenters. The van der Waals surface area contributed by atoms with Crippen molar-refractivity contribution < 1.29 is 8.42 Å². The van der Waals surface area contributed by atoms with E-state index in [1.54, 1.807) is 12.1 Å². The summed E-state index contributed by atoms with van der Waals surface area (Å²) < 4.78 is 27.1. The van der Waals surface area contributed by atoms with Crippen LogP contribution in [0.15, 0.2) is 29.2 Å². The molecule has 0 spiro atoms. The van der Waals surface area contributed by atoms with Crippen molar-refractivity contribution in [2.45, 2.75) is 37.0 Å². The van der Waals surface area contributed by atoms with Crippen LogP contribution in [0.3, 0.4) is 0 Å². The fourth-order valence-electron chi connectivity index (χ4n) is 2.63. The van der Waals surface area contributed by atoms with Gasteiger partial charge in [0.2, 0.25) is 10.0 Å². The van der Waals surface area contributed by atoms with Crippen LogP contribution in [0.1, 0.15) is 31.2 Å². The Morgan fingerprint density at radius 1 is 1.15 bits per heavy atom. The van der Waals surface area contributed by atoms with Gasteiger partial charge in [-0.3, -0.25) is 0 Å². The quantitative estimate of drug-likeness (QED) is 0.808. The standard InChI is InChI=1S/C15H24N2O2S/c1-16-11-10-13-6-8-15(9-7-13)20(18,19)17-12-14-4-2-3-5-14/h6-9,14,16-17H,2-5,10-12H2,1H3. The predicted molar refractivity (Wildman–Crippen MR) is 81.2 cm³/mol. The van der Waals surface area contributed by atoms with Crippen LogP contribution in [0.2, 0.25) is 0 Å². The fraction of sp³-hybridized carbons (Fsp3) is 0.600. The van der Waals surface area contributed by atoms with Gasteiger partial charge in [-0.1, -0.05) is 25.0 Å². The molecule has 0 unspecified atom stereocenters. The summed E-state index contributed by atoms with van der Waals surface area (Å²) in [5.41, 5.74) is 1.15. The molecule has 4 nitrogen and oxygen atoms in total. The Labute approximate surface area is 122 Å². The highest BCUT2D eigenvalue weighted by atomic mass is 32.2. The lowest BCUT2D eigenvalue weighted by atomic mass is 10.1. The molecule has 1 saturated carbocycles. The smallest absolute Gasteiger partial charge is 0.240 e. The maximum atomic E-state index is 12.2. The predicted octanol–water partition coefficient (Wildman–Crippen LogP) is 1.92. The largest absolute Gasteiger partial charge is 0.319 e. The molecule has 1 aromatic carbocycles. The van der Waals surface area contributed by atoms with Crippen molar-refractivity contribution in [2.24, 2.45) is 5.92 Å². The van der Waals surface area contributed by atoms with Crippen molar-refractivity contribution in [1.82, 2.24) is 10.0 Å². The molecule has 1 aliphatic carbocycles. The van der Waals surface area contributed by atoms with E-state index in [9.17, 15) is 8.42 Å². The van der Waals surface area contributed by atoms with Crippen LogP contribution in [-0.2, 0) is 16.4 Å². The first-order valence-electron chi connectivity index (χ1n) is 7.35. The number of benzene rings is 1. The van der Waals surface area contributed by atoms with Gasteiger partial charge in [0, 0.05) is 6.54 Å². The van der Waals surface area contributed by atoms with E-state index in [0.717, 1.165) is 31.4 Å². The molecule has 112 valence electrons. The number of likely N-dealkylation sites (N-methyl/N-ethyl adjacent to an activating group) is 1. The van der Waals surface area contributed by atoms with Crippen LogP contribution < -0.4 is 10.0 Å². The Balaban J connectivity index is 1.94. The van der Waals surface area contributed by atoms with Crippen molar-refractivity contribution in [3.63, 3.8) is 0 Å². The number of nitrogens with one attached hydrogen (secondary N) is 2. The first-order chi connectivity index (χ1) is 9.62. The molecule has 0 saturated heterocycles. The Bertz CT molecular complexity index is 505. The molecule has 1 aromatic rings. The first-order valence-corrected chi connectivity index (χ1v) is 8.83. The molecule has 0 amide bonds. The molecule has 0 aromatic heterocycles. The third-order valence-corrected chi connectivity index (χ3v) is 5.37. The van der Waals surface area contributed by atoms with Crippen LogP contribution in [-0.4, -0.2) is 28.6 Å². The molecule has 0 heterocycles. The Morgan fingerprint density at radius 3 is 2.40 bits per heavy atom. The molecule has 1 aliphatic rings. The minimum atomic E-state index is -3.35. The summed E-state index contributed by atoms with van der Waals surface area (Å²) >= 11 is 0. The number of hydrogen-bond donors (Lipinski definition) is 2. The second-order valence-electron chi connectivity index (χ2n) is 5.50. The van der Waals surface area contributed by atoms with E-state index in [-0.39, 0.29) is 0 Å². The topological polar surface area (TPSA) is 58.2 Å². The monoisotopic (exact) mass is 296 g/mol. The van der Waals surface area contributed by atoms with E-state index in [1.165, 1.54) is 12.8 Å². The second-order valence-corrected chi connectivity index (χ2v) is 7.27. The SMILES string of the molecule is CNCCc1ccc(S(=O)(=O)NCC2CCCC2)cc1. The van der Waals surface area contributed by atoms with Crippen molar-refractivity contribution in [1.29, 1.82) is 0 Å². The van der Waals surface area contributed by atoms with Crippen molar-refractivity contribution >= 4 is 10.0 Å². The molecular formula is C15H24N2O2S. The Hall–Kier alpha value is -0.910. The minimum Gasteiger partial charge on any atom is -0.319 e. The second kappa shape index (κ2) is 7.20. The van der Waals surface area contributed by atoms with Gasteiger partial charge in [-0.2, -0.15) is 0 Å². The number of rotatable bonds is 7. The van der Waals surface area contributed by atoms with Crippen molar-refractivity contribution in [3.05, 3.63) is 29.8 Å². The summed E-state index contributed by atoms with van der Waals surface area (Å²) in [6, 6.07) is 7.17. The lowest BCUT2D eigenvalue weighted by Gasteiger charge is -2.11. The van der Waals surface area contributed by atoms with Crippen LogP contribution in [0.25, 0.3) is 0 Å². The van der Waals surface area contributed by atoms with Gasteiger partial charge in [0.1, 0.15) is 0 Å². The minimum absolute atomic E-state index is 0.365. The molecule has 2 N–H and O–H groups in total. The summed E-state index contributed by atoms with van der Waals surface area (Å²) in [7, 11) is -1.44. The lowest BCUT2D eigenvalue weighted by molar-refractivity contribution is 0.519. The Morgan fingerprint density at radius 2 is 1.80 bits per heavy atom. The van der Waals surface area contributed by atoms with Gasteiger partial charge in [-0.15, -0.1) is 0 Å². The average molecular weight is 296 g/mol. The van der Waals surface area contributed by atoms with Crippen LogP contribution in [0.5, 0.6) is 0 Å². The maximum absolute atomic E-state index is 12.2. The molecule has 5 heteroatoms. The maximum Gasteiger partial charge on any atom is 0.240 e. The zero-order valence-corrected chi connectivity index (χ0v) is 12.9. The van der Waals surface area contributed by atoms with E-state index in [2.05, 4.69) is 10.0 Å². The first kappa shape index (κ1) is 15.5. The van der Waals surface area contributed by atoms with Gasteiger partial charge in [0.15, 0.2) is 0 Å². The number of sulfonamides is 1. The van der Waals surface area contributed by atoms with Crippen LogP contribution >= 0.6 is 0 Å². The zero-order chi connectivity index (χ0) is 14.4. The third kappa shape index (κ3) is 4.30. The van der Waals surface area contributed by atoms with Crippen LogP contribution in [0, 0.1) is 5.92 Å². The summed E-state index contributed by atoms with van der Waals surface area (Å²) in [5.74, 6) is 0.514. The molecule has 0 radical (unpaired) electrons. The third-order valence-electron chi connectivity index (χ3n) is 3.93. The summed E-state index contributed by atoms with van der Waals surface area (Å²) in [6.45, 7) is 1.47. The Kier molecular flexibility index (Phi) is 5.57. The molecule has 20 heavy (non-hydrogen) atoms. The highest BCUT2D eigenvalue weighted by Gasteiger charge is 2.19.